The molecule has 0 amide bonds. The maximum absolute atomic E-state index is 11.9. The molecule has 1 aromatic rings. The van der Waals surface area contributed by atoms with E-state index in [4.69, 9.17) is 9.47 Å². The Bertz CT molecular complexity index is 506. The number of carbonyl (C=O) groups excluding carboxylic acids is 1. The lowest BCUT2D eigenvalue weighted by Gasteiger charge is -2.23. The summed E-state index contributed by atoms with van der Waals surface area (Å²) in [7, 11) is 2.94. The van der Waals surface area contributed by atoms with E-state index in [-0.39, 0.29) is 12.2 Å². The summed E-state index contributed by atoms with van der Waals surface area (Å²) >= 11 is 0. The van der Waals surface area contributed by atoms with Crippen LogP contribution in [0, 0.1) is 0 Å². The highest BCUT2D eigenvalue weighted by Crippen LogP contribution is 2.39. The number of hydrogen-bond acceptors (Lipinski definition) is 4. The van der Waals surface area contributed by atoms with E-state index in [1.165, 1.54) is 14.2 Å². The quantitative estimate of drug-likeness (QED) is 0.886. The predicted octanol–water partition coefficient (Wildman–Crippen LogP) is 1.85. The average Bonchev–Trinajstić information content (AvgIpc) is 2.37. The molecule has 0 radical (unpaired) electrons. The third-order valence-corrected chi connectivity index (χ3v) is 3.17. The smallest absolute Gasteiger partial charge is 0.311 e. The number of carboxylic acid groups (broad SMARTS) is 1. The molecule has 5 heteroatoms. The SMILES string of the molecule is COc1cc(OC)c2c(c1)C(C(=O)O)CCC2=O. The highest BCUT2D eigenvalue weighted by atomic mass is 16.5. The number of benzene rings is 1. The van der Waals surface area contributed by atoms with Crippen molar-refractivity contribution in [1.29, 1.82) is 0 Å². The molecule has 0 saturated heterocycles. The molecule has 0 bridgehead atoms. The lowest BCUT2D eigenvalue weighted by Crippen LogP contribution is -2.22. The third-order valence-electron chi connectivity index (χ3n) is 3.17. The molecule has 0 aliphatic heterocycles. The first-order chi connectivity index (χ1) is 8.58. The first-order valence-corrected chi connectivity index (χ1v) is 5.60. The summed E-state index contributed by atoms with van der Waals surface area (Å²) in [4.78, 5) is 23.1. The topological polar surface area (TPSA) is 72.8 Å². The van der Waals surface area contributed by atoms with E-state index in [9.17, 15) is 14.7 Å². The normalized spacial score (nSPS) is 18.1. The Hall–Kier alpha value is -2.04. The van der Waals surface area contributed by atoms with Crippen LogP contribution in [0.15, 0.2) is 12.1 Å². The van der Waals surface area contributed by atoms with Crippen LogP contribution in [-0.4, -0.2) is 31.1 Å². The van der Waals surface area contributed by atoms with Crippen LogP contribution in [0.1, 0.15) is 34.7 Å². The van der Waals surface area contributed by atoms with Crippen molar-refractivity contribution in [3.8, 4) is 11.5 Å². The van der Waals surface area contributed by atoms with Crippen LogP contribution in [0.2, 0.25) is 0 Å². The van der Waals surface area contributed by atoms with Crippen molar-refractivity contribution >= 4 is 11.8 Å². The molecule has 1 aliphatic carbocycles. The van der Waals surface area contributed by atoms with Gasteiger partial charge in [0.15, 0.2) is 5.78 Å². The van der Waals surface area contributed by atoms with Crippen LogP contribution in [0.25, 0.3) is 0 Å². The number of rotatable bonds is 3. The zero-order valence-corrected chi connectivity index (χ0v) is 10.2. The molecule has 5 nitrogen and oxygen atoms in total. The number of carbonyl (C=O) groups is 2. The van der Waals surface area contributed by atoms with Crippen LogP contribution in [0.3, 0.4) is 0 Å². The molecule has 1 aliphatic rings. The predicted molar refractivity (Wildman–Crippen MR) is 63.5 cm³/mol. The van der Waals surface area contributed by atoms with E-state index >= 15 is 0 Å². The molecule has 1 aromatic carbocycles. The first-order valence-electron chi connectivity index (χ1n) is 5.60. The molecule has 0 aromatic heterocycles. The van der Waals surface area contributed by atoms with E-state index in [2.05, 4.69) is 0 Å². The zero-order chi connectivity index (χ0) is 13.3. The standard InChI is InChI=1S/C13H14O5/c1-17-7-5-9-8(13(15)16)3-4-10(14)12(9)11(6-7)18-2/h5-6,8H,3-4H2,1-2H3,(H,15,16). The summed E-state index contributed by atoms with van der Waals surface area (Å²) in [5, 5.41) is 9.21. The van der Waals surface area contributed by atoms with Gasteiger partial charge in [-0.05, 0) is 18.1 Å². The molecule has 0 fully saturated rings. The molecule has 1 N–H and O–H groups in total. The Balaban J connectivity index is 2.65. The van der Waals surface area contributed by atoms with Gasteiger partial charge in [-0.2, -0.15) is 0 Å². The number of carboxylic acids is 1. The fourth-order valence-corrected chi connectivity index (χ4v) is 2.28. The number of ether oxygens (including phenoxy) is 2. The molecule has 96 valence electrons. The summed E-state index contributed by atoms with van der Waals surface area (Å²) < 4.78 is 10.3. The third kappa shape index (κ3) is 1.92. The zero-order valence-electron chi connectivity index (χ0n) is 10.2. The summed E-state index contributed by atoms with van der Waals surface area (Å²) in [6.45, 7) is 0. The van der Waals surface area contributed by atoms with Gasteiger partial charge in [0.1, 0.15) is 11.5 Å². The second-order valence-corrected chi connectivity index (χ2v) is 4.15. The van der Waals surface area contributed by atoms with Crippen molar-refractivity contribution in [2.24, 2.45) is 0 Å². The minimum atomic E-state index is -0.931. The largest absolute Gasteiger partial charge is 0.497 e. The fraction of sp³-hybridized carbons (Fsp3) is 0.385. The summed E-state index contributed by atoms with van der Waals surface area (Å²) in [6, 6.07) is 3.20. The number of aliphatic carboxylic acids is 1. The first kappa shape index (κ1) is 12.4. The van der Waals surface area contributed by atoms with Gasteiger partial charge in [-0.3, -0.25) is 9.59 Å². The molecule has 0 heterocycles. The van der Waals surface area contributed by atoms with E-state index in [1.54, 1.807) is 12.1 Å². The Morgan fingerprint density at radius 2 is 2.06 bits per heavy atom. The second kappa shape index (κ2) is 4.68. The minimum Gasteiger partial charge on any atom is -0.497 e. The van der Waals surface area contributed by atoms with Gasteiger partial charge in [0.05, 0.1) is 25.7 Å². The van der Waals surface area contributed by atoms with Gasteiger partial charge in [-0.25, -0.2) is 0 Å². The number of hydrogen-bond donors (Lipinski definition) is 1. The van der Waals surface area contributed by atoms with Crippen LogP contribution in [0.5, 0.6) is 11.5 Å². The van der Waals surface area contributed by atoms with Crippen LogP contribution in [-0.2, 0) is 4.79 Å². The summed E-state index contributed by atoms with van der Waals surface area (Å²) in [5.41, 5.74) is 0.854. The van der Waals surface area contributed by atoms with Crippen LogP contribution < -0.4 is 9.47 Å². The van der Waals surface area contributed by atoms with Crippen molar-refractivity contribution in [2.45, 2.75) is 18.8 Å². The molecule has 2 rings (SSSR count). The fourth-order valence-electron chi connectivity index (χ4n) is 2.28. The number of fused-ring (bicyclic) bond motifs is 1. The van der Waals surface area contributed by atoms with Crippen molar-refractivity contribution in [3.05, 3.63) is 23.3 Å². The lowest BCUT2D eigenvalue weighted by atomic mass is 9.81. The minimum absolute atomic E-state index is 0.0815. The average molecular weight is 250 g/mol. The Kier molecular flexibility index (Phi) is 3.23. The van der Waals surface area contributed by atoms with Gasteiger partial charge in [0.25, 0.3) is 0 Å². The van der Waals surface area contributed by atoms with Crippen LogP contribution >= 0.6 is 0 Å². The summed E-state index contributed by atoms with van der Waals surface area (Å²) in [5.74, 6) is -0.824. The monoisotopic (exact) mass is 250 g/mol. The summed E-state index contributed by atoms with van der Waals surface area (Å²) in [6.07, 6.45) is 0.546. The Morgan fingerprint density at radius 1 is 1.33 bits per heavy atom. The molecule has 0 saturated carbocycles. The van der Waals surface area contributed by atoms with Crippen molar-refractivity contribution in [1.82, 2.24) is 0 Å². The van der Waals surface area contributed by atoms with Crippen molar-refractivity contribution in [3.63, 3.8) is 0 Å². The molecular weight excluding hydrogens is 236 g/mol. The number of ketones is 1. The van der Waals surface area contributed by atoms with Gasteiger partial charge in [0.2, 0.25) is 0 Å². The molecule has 18 heavy (non-hydrogen) atoms. The van der Waals surface area contributed by atoms with E-state index < -0.39 is 11.9 Å². The number of Topliss-reactive ketones (excluding diaryl/α,β-unsaturated/α-hetero) is 1. The van der Waals surface area contributed by atoms with Crippen molar-refractivity contribution in [2.75, 3.05) is 14.2 Å². The van der Waals surface area contributed by atoms with Crippen LogP contribution in [0.4, 0.5) is 0 Å². The van der Waals surface area contributed by atoms with Gasteiger partial charge < -0.3 is 14.6 Å². The molecule has 1 unspecified atom stereocenters. The van der Waals surface area contributed by atoms with E-state index in [0.29, 0.717) is 29.0 Å². The van der Waals surface area contributed by atoms with Gasteiger partial charge in [-0.15, -0.1) is 0 Å². The highest BCUT2D eigenvalue weighted by Gasteiger charge is 2.33. The Morgan fingerprint density at radius 3 is 2.61 bits per heavy atom. The second-order valence-electron chi connectivity index (χ2n) is 4.15. The van der Waals surface area contributed by atoms with Gasteiger partial charge in [-0.1, -0.05) is 0 Å². The molecule has 1 atom stereocenters. The van der Waals surface area contributed by atoms with E-state index in [1.807, 2.05) is 0 Å². The highest BCUT2D eigenvalue weighted by molar-refractivity contribution is 6.03. The molecular formula is C13H14O5. The van der Waals surface area contributed by atoms with Gasteiger partial charge in [0, 0.05) is 12.5 Å². The maximum atomic E-state index is 11.9. The van der Waals surface area contributed by atoms with E-state index in [0.717, 1.165) is 0 Å². The van der Waals surface area contributed by atoms with Crippen molar-refractivity contribution < 1.29 is 24.2 Å². The van der Waals surface area contributed by atoms with Gasteiger partial charge >= 0.3 is 5.97 Å². The lowest BCUT2D eigenvalue weighted by molar-refractivity contribution is -0.139. The maximum Gasteiger partial charge on any atom is 0.311 e. The molecule has 0 spiro atoms. The number of methoxy groups -OCH3 is 2. The Labute approximate surface area is 104 Å².